The first-order chi connectivity index (χ1) is 10.4. The predicted octanol–water partition coefficient (Wildman–Crippen LogP) is -0.454. The lowest BCUT2D eigenvalue weighted by Gasteiger charge is -2.18. The van der Waals surface area contributed by atoms with Gasteiger partial charge < -0.3 is 10.1 Å². The standard InChI is InChI=1S/C14H21N3O4S/c1-22(19,20)16-7-6-15-14(18)11-17-8-9-21-13-5-3-2-4-12(13)10-17/h2-5,16H,6-11H2,1H3,(H,15,18). The monoisotopic (exact) mass is 327 g/mol. The lowest BCUT2D eigenvalue weighted by Crippen LogP contribution is -2.40. The number of rotatable bonds is 6. The molecule has 2 rings (SSSR count). The van der Waals surface area contributed by atoms with E-state index in [0.29, 0.717) is 19.7 Å². The van der Waals surface area contributed by atoms with E-state index in [1.807, 2.05) is 29.2 Å². The Balaban J connectivity index is 1.77. The molecule has 8 heteroatoms. The van der Waals surface area contributed by atoms with Crippen molar-refractivity contribution in [2.75, 3.05) is 39.0 Å². The molecular weight excluding hydrogens is 306 g/mol. The number of ether oxygens (including phenoxy) is 1. The Morgan fingerprint density at radius 3 is 2.86 bits per heavy atom. The molecule has 22 heavy (non-hydrogen) atoms. The molecule has 122 valence electrons. The van der Waals surface area contributed by atoms with Gasteiger partial charge in [-0.1, -0.05) is 18.2 Å². The van der Waals surface area contributed by atoms with Crippen molar-refractivity contribution < 1.29 is 17.9 Å². The third-order valence-electron chi connectivity index (χ3n) is 3.21. The molecule has 0 bridgehead atoms. The molecule has 1 amide bonds. The van der Waals surface area contributed by atoms with Gasteiger partial charge in [-0.25, -0.2) is 13.1 Å². The van der Waals surface area contributed by atoms with Crippen LogP contribution >= 0.6 is 0 Å². The van der Waals surface area contributed by atoms with Crippen molar-refractivity contribution in [2.24, 2.45) is 0 Å². The fourth-order valence-electron chi connectivity index (χ4n) is 2.21. The van der Waals surface area contributed by atoms with E-state index >= 15 is 0 Å². The van der Waals surface area contributed by atoms with Gasteiger partial charge in [-0.05, 0) is 6.07 Å². The van der Waals surface area contributed by atoms with Gasteiger partial charge in [-0.2, -0.15) is 0 Å². The van der Waals surface area contributed by atoms with E-state index in [9.17, 15) is 13.2 Å². The lowest BCUT2D eigenvalue weighted by atomic mass is 10.2. The maximum atomic E-state index is 11.9. The molecule has 0 fully saturated rings. The molecule has 1 heterocycles. The number of nitrogens with one attached hydrogen (secondary N) is 2. The first kappa shape index (κ1) is 16.7. The van der Waals surface area contributed by atoms with Crippen molar-refractivity contribution in [1.29, 1.82) is 0 Å². The summed E-state index contributed by atoms with van der Waals surface area (Å²) in [5.41, 5.74) is 1.06. The molecule has 2 N–H and O–H groups in total. The number of amides is 1. The molecule has 0 saturated heterocycles. The number of hydrogen-bond donors (Lipinski definition) is 2. The molecule has 0 radical (unpaired) electrons. The van der Waals surface area contributed by atoms with Crippen molar-refractivity contribution in [3.8, 4) is 5.75 Å². The smallest absolute Gasteiger partial charge is 0.234 e. The minimum absolute atomic E-state index is 0.130. The molecule has 0 unspecified atom stereocenters. The summed E-state index contributed by atoms with van der Waals surface area (Å²) in [5, 5.41) is 2.70. The summed E-state index contributed by atoms with van der Waals surface area (Å²) < 4.78 is 29.8. The fraction of sp³-hybridized carbons (Fsp3) is 0.500. The largest absolute Gasteiger partial charge is 0.492 e. The highest BCUT2D eigenvalue weighted by Crippen LogP contribution is 2.21. The van der Waals surface area contributed by atoms with Crippen LogP contribution in [0.4, 0.5) is 0 Å². The molecule has 0 spiro atoms. The fourth-order valence-corrected chi connectivity index (χ4v) is 2.69. The molecule has 0 atom stereocenters. The Bertz CT molecular complexity index is 618. The number of sulfonamides is 1. The second-order valence-corrected chi connectivity index (χ2v) is 7.02. The maximum absolute atomic E-state index is 11.9. The summed E-state index contributed by atoms with van der Waals surface area (Å²) in [7, 11) is -3.22. The zero-order chi connectivity index (χ0) is 16.0. The van der Waals surface area contributed by atoms with Crippen LogP contribution in [0.5, 0.6) is 5.75 Å². The summed E-state index contributed by atoms with van der Waals surface area (Å²) in [6.07, 6.45) is 1.09. The highest BCUT2D eigenvalue weighted by atomic mass is 32.2. The number of fused-ring (bicyclic) bond motifs is 1. The van der Waals surface area contributed by atoms with Gasteiger partial charge in [-0.3, -0.25) is 9.69 Å². The number of nitrogens with zero attached hydrogens (tertiary/aromatic N) is 1. The lowest BCUT2D eigenvalue weighted by molar-refractivity contribution is -0.122. The van der Waals surface area contributed by atoms with E-state index < -0.39 is 10.0 Å². The Kier molecular flexibility index (Phi) is 5.76. The van der Waals surface area contributed by atoms with Crippen LogP contribution in [0.2, 0.25) is 0 Å². The zero-order valence-corrected chi connectivity index (χ0v) is 13.4. The van der Waals surface area contributed by atoms with Crippen LogP contribution in [0, 0.1) is 0 Å². The van der Waals surface area contributed by atoms with E-state index in [0.717, 1.165) is 17.6 Å². The van der Waals surface area contributed by atoms with Crippen molar-refractivity contribution in [3.63, 3.8) is 0 Å². The summed E-state index contributed by atoms with van der Waals surface area (Å²) in [6.45, 7) is 2.59. The summed E-state index contributed by atoms with van der Waals surface area (Å²) in [5.74, 6) is 0.734. The molecular formula is C14H21N3O4S. The van der Waals surface area contributed by atoms with E-state index in [2.05, 4.69) is 10.0 Å². The molecule has 0 aromatic heterocycles. The minimum atomic E-state index is -3.22. The summed E-state index contributed by atoms with van der Waals surface area (Å²) >= 11 is 0. The molecule has 1 aromatic rings. The van der Waals surface area contributed by atoms with Crippen molar-refractivity contribution in [2.45, 2.75) is 6.54 Å². The number of para-hydroxylation sites is 1. The molecule has 0 aliphatic carbocycles. The van der Waals surface area contributed by atoms with E-state index in [-0.39, 0.29) is 25.5 Å². The Morgan fingerprint density at radius 2 is 2.09 bits per heavy atom. The molecule has 7 nitrogen and oxygen atoms in total. The van der Waals surface area contributed by atoms with E-state index in [1.165, 1.54) is 0 Å². The Morgan fingerprint density at radius 1 is 1.32 bits per heavy atom. The van der Waals surface area contributed by atoms with Gasteiger partial charge in [0.05, 0.1) is 12.8 Å². The number of carbonyl (C=O) groups is 1. The van der Waals surface area contributed by atoms with Crippen LogP contribution in [-0.4, -0.2) is 58.3 Å². The second-order valence-electron chi connectivity index (χ2n) is 5.18. The zero-order valence-electron chi connectivity index (χ0n) is 12.5. The van der Waals surface area contributed by atoms with Gasteiger partial charge >= 0.3 is 0 Å². The SMILES string of the molecule is CS(=O)(=O)NCCNC(=O)CN1CCOc2ccccc2C1. The number of benzene rings is 1. The topological polar surface area (TPSA) is 87.7 Å². The number of carbonyl (C=O) groups excluding carboxylic acids is 1. The summed E-state index contributed by atoms with van der Waals surface area (Å²) in [4.78, 5) is 13.9. The molecule has 1 aromatic carbocycles. The van der Waals surface area contributed by atoms with Gasteiger partial charge in [0.1, 0.15) is 12.4 Å². The van der Waals surface area contributed by atoms with Crippen molar-refractivity contribution in [3.05, 3.63) is 29.8 Å². The highest BCUT2D eigenvalue weighted by molar-refractivity contribution is 7.88. The Hall–Kier alpha value is -1.64. The van der Waals surface area contributed by atoms with Gasteiger partial charge in [0.25, 0.3) is 0 Å². The van der Waals surface area contributed by atoms with E-state index in [1.54, 1.807) is 0 Å². The third-order valence-corrected chi connectivity index (χ3v) is 3.94. The normalized spacial score (nSPS) is 15.5. The van der Waals surface area contributed by atoms with Crippen LogP contribution in [0.1, 0.15) is 5.56 Å². The van der Waals surface area contributed by atoms with Gasteiger partial charge in [0.2, 0.25) is 15.9 Å². The summed E-state index contributed by atoms with van der Waals surface area (Å²) in [6, 6.07) is 7.79. The molecule has 1 aliphatic heterocycles. The minimum Gasteiger partial charge on any atom is -0.492 e. The molecule has 1 aliphatic rings. The first-order valence-corrected chi connectivity index (χ1v) is 8.97. The molecule has 0 saturated carbocycles. The quantitative estimate of drug-likeness (QED) is 0.691. The van der Waals surface area contributed by atoms with Crippen LogP contribution < -0.4 is 14.8 Å². The van der Waals surface area contributed by atoms with Gasteiger partial charge in [0.15, 0.2) is 0 Å². The highest BCUT2D eigenvalue weighted by Gasteiger charge is 2.17. The Labute approximate surface area is 130 Å². The third kappa shape index (κ3) is 5.63. The van der Waals surface area contributed by atoms with Gasteiger partial charge in [0, 0.05) is 31.7 Å². The van der Waals surface area contributed by atoms with Crippen LogP contribution in [0.15, 0.2) is 24.3 Å². The van der Waals surface area contributed by atoms with Crippen LogP contribution in [0.3, 0.4) is 0 Å². The van der Waals surface area contributed by atoms with Crippen LogP contribution in [0.25, 0.3) is 0 Å². The first-order valence-electron chi connectivity index (χ1n) is 7.08. The average Bonchev–Trinajstić information content (AvgIpc) is 2.64. The van der Waals surface area contributed by atoms with Crippen LogP contribution in [-0.2, 0) is 21.4 Å². The number of hydrogen-bond acceptors (Lipinski definition) is 5. The van der Waals surface area contributed by atoms with E-state index in [4.69, 9.17) is 4.74 Å². The second kappa shape index (κ2) is 7.57. The predicted molar refractivity (Wildman–Crippen MR) is 83.1 cm³/mol. The van der Waals surface area contributed by atoms with Crippen molar-refractivity contribution >= 4 is 15.9 Å². The van der Waals surface area contributed by atoms with Gasteiger partial charge in [-0.15, -0.1) is 0 Å². The average molecular weight is 327 g/mol. The van der Waals surface area contributed by atoms with Crippen molar-refractivity contribution in [1.82, 2.24) is 14.9 Å². The maximum Gasteiger partial charge on any atom is 0.234 e.